The molecule has 0 bridgehead atoms. The average molecular weight is 1040 g/mol. The van der Waals surface area contributed by atoms with Crippen LogP contribution in [0.4, 0.5) is 0 Å². The van der Waals surface area contributed by atoms with E-state index >= 15 is 0 Å². The highest BCUT2D eigenvalue weighted by Gasteiger charge is 2.70. The van der Waals surface area contributed by atoms with Crippen molar-refractivity contribution in [1.29, 1.82) is 0 Å². The van der Waals surface area contributed by atoms with Crippen molar-refractivity contribution < 1.29 is 57.1 Å². The summed E-state index contributed by atoms with van der Waals surface area (Å²) < 4.78 is 44.8. The zero-order valence-electron chi connectivity index (χ0n) is 45.1. The molecule has 0 amide bonds. The normalized spacial score (nSPS) is 35.2. The molecule has 4 aromatic carbocycles. The van der Waals surface area contributed by atoms with Crippen molar-refractivity contribution in [2.24, 2.45) is 50.2 Å². The van der Waals surface area contributed by atoms with Crippen LogP contribution in [-0.2, 0) is 38.0 Å². The molecule has 10 rings (SSSR count). The van der Waals surface area contributed by atoms with E-state index in [9.17, 15) is 24.0 Å². The Morgan fingerprint density at radius 3 is 1.67 bits per heavy atom. The van der Waals surface area contributed by atoms with Gasteiger partial charge in [0, 0.05) is 5.41 Å². The predicted octanol–water partition coefficient (Wildman–Crippen LogP) is 12.2. The van der Waals surface area contributed by atoms with Crippen LogP contribution in [0.1, 0.15) is 147 Å². The Hall–Kier alpha value is -6.11. The number of hydrogen-bond donors (Lipinski definition) is 0. The van der Waals surface area contributed by atoms with Gasteiger partial charge in [0.05, 0.1) is 54.1 Å². The van der Waals surface area contributed by atoms with Crippen molar-refractivity contribution >= 4 is 29.8 Å². The number of esters is 5. The van der Waals surface area contributed by atoms with E-state index in [4.69, 9.17) is 33.2 Å². The second kappa shape index (κ2) is 20.7. The molecule has 1 heterocycles. The van der Waals surface area contributed by atoms with Crippen LogP contribution in [0, 0.1) is 50.2 Å². The molecule has 402 valence electrons. The Morgan fingerprint density at radius 2 is 1.11 bits per heavy atom. The van der Waals surface area contributed by atoms with Crippen molar-refractivity contribution in [2.45, 2.75) is 136 Å². The number of methoxy groups -OCH3 is 1. The van der Waals surface area contributed by atoms with Crippen LogP contribution in [0.15, 0.2) is 133 Å². The zero-order valence-corrected chi connectivity index (χ0v) is 45.1. The van der Waals surface area contributed by atoms with Gasteiger partial charge in [-0.1, -0.05) is 126 Å². The first-order valence-electron chi connectivity index (χ1n) is 27.4. The van der Waals surface area contributed by atoms with E-state index in [2.05, 4.69) is 47.6 Å². The smallest absolute Gasteiger partial charge is 0.338 e. The Bertz CT molecular complexity index is 2820. The highest BCUT2D eigenvalue weighted by molar-refractivity contribution is 5.91. The third-order valence-corrected chi connectivity index (χ3v) is 20.0. The average Bonchev–Trinajstić information content (AvgIpc) is 3.56. The number of carbonyl (C=O) groups is 5. The van der Waals surface area contributed by atoms with Crippen LogP contribution >= 0.6 is 0 Å². The van der Waals surface area contributed by atoms with Crippen LogP contribution in [0.5, 0.6) is 0 Å². The molecule has 4 saturated carbocycles. The zero-order chi connectivity index (χ0) is 53.7. The van der Waals surface area contributed by atoms with E-state index in [-0.39, 0.29) is 75.3 Å². The van der Waals surface area contributed by atoms with Gasteiger partial charge in [0.2, 0.25) is 0 Å². The summed E-state index contributed by atoms with van der Waals surface area (Å²) >= 11 is 0. The van der Waals surface area contributed by atoms with E-state index in [1.165, 1.54) is 5.57 Å². The summed E-state index contributed by atoms with van der Waals surface area (Å²) in [5, 5.41) is 0. The number of carbonyl (C=O) groups excluding carboxylic acids is 5. The van der Waals surface area contributed by atoms with Gasteiger partial charge in [0.1, 0.15) is 0 Å². The monoisotopic (exact) mass is 1030 g/mol. The molecule has 0 radical (unpaired) electrons. The molecule has 4 aromatic rings. The van der Waals surface area contributed by atoms with Gasteiger partial charge in [-0.05, 0) is 152 Å². The summed E-state index contributed by atoms with van der Waals surface area (Å²) in [4.78, 5) is 70.2. The molecule has 6 aliphatic rings. The Labute approximate surface area is 447 Å². The van der Waals surface area contributed by atoms with Crippen molar-refractivity contribution in [1.82, 2.24) is 0 Å². The van der Waals surface area contributed by atoms with Gasteiger partial charge in [0.15, 0.2) is 24.6 Å². The summed E-state index contributed by atoms with van der Waals surface area (Å²) in [6.45, 7) is 14.0. The molecule has 0 aromatic heterocycles. The molecule has 76 heavy (non-hydrogen) atoms. The molecule has 1 aliphatic heterocycles. The maximum Gasteiger partial charge on any atom is 0.338 e. The predicted molar refractivity (Wildman–Crippen MR) is 284 cm³/mol. The lowest BCUT2D eigenvalue weighted by Crippen LogP contribution is -2.67. The largest absolute Gasteiger partial charge is 0.469 e. The molecule has 5 aliphatic carbocycles. The maximum atomic E-state index is 14.3. The molecule has 12 nitrogen and oxygen atoms in total. The van der Waals surface area contributed by atoms with Crippen LogP contribution in [0.2, 0.25) is 0 Å². The number of fused-ring (bicyclic) bond motifs is 7. The van der Waals surface area contributed by atoms with Gasteiger partial charge in [-0.2, -0.15) is 0 Å². The Balaban J connectivity index is 1.01. The number of benzene rings is 4. The highest BCUT2D eigenvalue weighted by atomic mass is 16.7. The van der Waals surface area contributed by atoms with Crippen LogP contribution < -0.4 is 0 Å². The highest BCUT2D eigenvalue weighted by Crippen LogP contribution is 2.76. The maximum absolute atomic E-state index is 14.3. The lowest BCUT2D eigenvalue weighted by Gasteiger charge is -2.71. The number of rotatable bonds is 12. The minimum absolute atomic E-state index is 0.0227. The van der Waals surface area contributed by atoms with E-state index < -0.39 is 65.4 Å². The molecule has 12 heteroatoms. The first kappa shape index (κ1) is 53.3. The van der Waals surface area contributed by atoms with Crippen LogP contribution in [0.3, 0.4) is 0 Å². The minimum Gasteiger partial charge on any atom is -0.469 e. The first-order chi connectivity index (χ1) is 36.4. The van der Waals surface area contributed by atoms with Crippen LogP contribution in [0.25, 0.3) is 0 Å². The number of hydrogen-bond acceptors (Lipinski definition) is 12. The Kier molecular flexibility index (Phi) is 14.5. The molecular formula is C64H74O12. The molecule has 13 atom stereocenters. The SMILES string of the molecule is COC(=O)[C@]12CCC(C)(C)C[C@H]1C1=CC[C@@H]3[C@@]4(C)CC[C@H](O[C@@H]5OC[C@H](OC(=O)c6ccccc6)[C@H](OC(=O)c6ccccc6)[C@H]5OC(=O)c5ccccc5)[C@@](C)(COC(=O)c5ccccc5)[C@@H]4CC[C@@]3(C)[C@]1(C)CC2. The van der Waals surface area contributed by atoms with Gasteiger partial charge >= 0.3 is 29.8 Å². The van der Waals surface area contributed by atoms with Gasteiger partial charge in [0.25, 0.3) is 0 Å². The van der Waals surface area contributed by atoms with Crippen molar-refractivity contribution in [3.8, 4) is 0 Å². The third kappa shape index (κ3) is 9.39. The minimum atomic E-state index is -1.43. The number of ether oxygens (including phenoxy) is 7. The number of allylic oxidation sites excluding steroid dienone is 2. The molecule has 5 fully saturated rings. The van der Waals surface area contributed by atoms with Crippen molar-refractivity contribution in [3.05, 3.63) is 155 Å². The third-order valence-electron chi connectivity index (χ3n) is 20.0. The fraction of sp³-hybridized carbons (Fsp3) is 0.516. The summed E-state index contributed by atoms with van der Waals surface area (Å²) in [7, 11) is 1.54. The standard InChI is InChI=1S/C64H74O12/c1-59(2)34-36-64(58(69)70-7)37-35-62(5)45(46(64)38-59)28-29-49-60(3)32-31-50(61(4,48(60)30-33-63(49,62)6)40-72-53(65)41-20-12-8-13-21-41)74-57-52(76-56(68)44-26-18-11-19-27-44)51(75-55(67)43-24-16-10-17-25-43)47(39-71-57)73-54(66)42-22-14-9-15-23-42/h8-28,46-52,57H,29-40H2,1-7H3/t46-,47-,48+,49+,50-,51-,52+,57-,60-,61-,62+,63+,64-/m0/s1. The summed E-state index contributed by atoms with van der Waals surface area (Å²) in [6.07, 6.45) is 4.89. The first-order valence-corrected chi connectivity index (χ1v) is 27.4. The summed E-state index contributed by atoms with van der Waals surface area (Å²) in [5.74, 6) is -2.31. The topological polar surface area (TPSA) is 150 Å². The van der Waals surface area contributed by atoms with Gasteiger partial charge in [-0.15, -0.1) is 0 Å². The summed E-state index contributed by atoms with van der Waals surface area (Å²) in [5.41, 5.74) is 0.845. The van der Waals surface area contributed by atoms with Crippen molar-refractivity contribution in [3.63, 3.8) is 0 Å². The molecule has 0 spiro atoms. The van der Waals surface area contributed by atoms with Gasteiger partial charge in [-0.3, -0.25) is 4.79 Å². The van der Waals surface area contributed by atoms with Crippen LogP contribution in [-0.4, -0.2) is 80.9 Å². The molecule has 0 N–H and O–H groups in total. The van der Waals surface area contributed by atoms with E-state index in [0.717, 1.165) is 57.8 Å². The fourth-order valence-corrected chi connectivity index (χ4v) is 15.6. The van der Waals surface area contributed by atoms with E-state index in [1.54, 1.807) is 110 Å². The van der Waals surface area contributed by atoms with Gasteiger partial charge in [-0.25, -0.2) is 19.2 Å². The molecule has 1 saturated heterocycles. The Morgan fingerprint density at radius 1 is 0.579 bits per heavy atom. The molecule has 0 unspecified atom stereocenters. The van der Waals surface area contributed by atoms with E-state index in [1.807, 2.05) is 18.2 Å². The second-order valence-corrected chi connectivity index (χ2v) is 24.5. The second-order valence-electron chi connectivity index (χ2n) is 24.5. The quantitative estimate of drug-likeness (QED) is 0.0575. The lowest BCUT2D eigenvalue weighted by molar-refractivity contribution is -0.310. The lowest BCUT2D eigenvalue weighted by atomic mass is 9.33. The fourth-order valence-electron chi connectivity index (χ4n) is 15.6. The van der Waals surface area contributed by atoms with E-state index in [0.29, 0.717) is 12.0 Å². The molecular weight excluding hydrogens is 961 g/mol. The van der Waals surface area contributed by atoms with Gasteiger partial charge < -0.3 is 33.2 Å². The van der Waals surface area contributed by atoms with Crippen molar-refractivity contribution in [2.75, 3.05) is 20.3 Å². The summed E-state index contributed by atoms with van der Waals surface area (Å²) in [6, 6.07) is 34.4.